The molecule has 6 nitrogen and oxygen atoms in total. The number of benzene rings is 1. The number of aromatic hydroxyl groups is 1. The highest BCUT2D eigenvalue weighted by Gasteiger charge is 2.26. The molecule has 0 aliphatic carbocycles. The summed E-state index contributed by atoms with van der Waals surface area (Å²) < 4.78 is 28.4. The SMILES string of the molecule is CN(C(=O)c1ccc(OC(F)F)c(O)c1)[C@H]1CCC(=O)NC1. The van der Waals surface area contributed by atoms with Crippen LogP contribution in [0.2, 0.25) is 0 Å². The van der Waals surface area contributed by atoms with Gasteiger partial charge in [-0.1, -0.05) is 0 Å². The Labute approximate surface area is 125 Å². The minimum absolute atomic E-state index is 0.0526. The van der Waals surface area contributed by atoms with Crippen molar-refractivity contribution in [3.63, 3.8) is 0 Å². The normalized spacial score (nSPS) is 18.0. The Morgan fingerprint density at radius 2 is 2.23 bits per heavy atom. The molecule has 1 aliphatic rings. The van der Waals surface area contributed by atoms with Gasteiger partial charge in [-0.2, -0.15) is 8.78 Å². The lowest BCUT2D eigenvalue weighted by Crippen LogP contribution is -2.48. The fourth-order valence-corrected chi connectivity index (χ4v) is 2.27. The van der Waals surface area contributed by atoms with E-state index in [-0.39, 0.29) is 29.2 Å². The number of rotatable bonds is 4. The van der Waals surface area contributed by atoms with E-state index in [1.807, 2.05) is 0 Å². The van der Waals surface area contributed by atoms with Crippen LogP contribution in [0.1, 0.15) is 23.2 Å². The molecule has 0 bridgehead atoms. The first-order chi connectivity index (χ1) is 10.4. The van der Waals surface area contributed by atoms with E-state index >= 15 is 0 Å². The number of nitrogens with one attached hydrogen (secondary N) is 1. The van der Waals surface area contributed by atoms with Gasteiger partial charge in [0, 0.05) is 31.6 Å². The van der Waals surface area contributed by atoms with Crippen molar-refractivity contribution in [3.8, 4) is 11.5 Å². The molecule has 1 saturated heterocycles. The third-order valence-electron chi connectivity index (χ3n) is 3.53. The van der Waals surface area contributed by atoms with Gasteiger partial charge in [-0.3, -0.25) is 9.59 Å². The number of halogens is 2. The zero-order valence-electron chi connectivity index (χ0n) is 11.9. The molecule has 1 aliphatic heterocycles. The molecule has 22 heavy (non-hydrogen) atoms. The van der Waals surface area contributed by atoms with Crippen LogP contribution in [-0.4, -0.2) is 48.1 Å². The standard InChI is InChI=1S/C14H16F2N2O4/c1-18(9-3-5-12(20)17-7-9)13(21)8-2-4-11(10(19)6-8)22-14(15)16/h2,4,6,9,14,19H,3,5,7H2,1H3,(H,17,20)/t9-/m0/s1. The molecule has 8 heteroatoms. The van der Waals surface area contributed by atoms with Crippen molar-refractivity contribution in [2.24, 2.45) is 0 Å². The number of phenols is 1. The lowest BCUT2D eigenvalue weighted by Gasteiger charge is -2.31. The van der Waals surface area contributed by atoms with E-state index in [1.165, 1.54) is 11.0 Å². The molecule has 2 rings (SSSR count). The number of phenolic OH excluding ortho intramolecular Hbond substituents is 1. The molecule has 1 aromatic rings. The number of alkyl halides is 2. The largest absolute Gasteiger partial charge is 0.504 e. The molecule has 0 spiro atoms. The van der Waals surface area contributed by atoms with Crippen LogP contribution >= 0.6 is 0 Å². The molecule has 2 amide bonds. The number of likely N-dealkylation sites (N-methyl/N-ethyl adjacent to an activating group) is 1. The van der Waals surface area contributed by atoms with Gasteiger partial charge in [0.05, 0.1) is 0 Å². The molecule has 1 atom stereocenters. The average molecular weight is 314 g/mol. The highest BCUT2D eigenvalue weighted by molar-refractivity contribution is 5.95. The van der Waals surface area contributed by atoms with Crippen molar-refractivity contribution < 1.29 is 28.2 Å². The number of carbonyl (C=O) groups is 2. The fraction of sp³-hybridized carbons (Fsp3) is 0.429. The van der Waals surface area contributed by atoms with Crippen LogP contribution in [-0.2, 0) is 4.79 Å². The van der Waals surface area contributed by atoms with Crippen LogP contribution in [0.5, 0.6) is 11.5 Å². The molecule has 1 heterocycles. The summed E-state index contributed by atoms with van der Waals surface area (Å²) in [6.07, 6.45) is 0.890. The van der Waals surface area contributed by atoms with Crippen LogP contribution in [0.25, 0.3) is 0 Å². The van der Waals surface area contributed by atoms with Gasteiger partial charge in [0.1, 0.15) is 0 Å². The fourth-order valence-electron chi connectivity index (χ4n) is 2.27. The molecule has 120 valence electrons. The van der Waals surface area contributed by atoms with Gasteiger partial charge in [0.2, 0.25) is 5.91 Å². The van der Waals surface area contributed by atoms with Gasteiger partial charge < -0.3 is 20.1 Å². The molecule has 0 radical (unpaired) electrons. The number of amides is 2. The van der Waals surface area contributed by atoms with E-state index in [2.05, 4.69) is 10.1 Å². The minimum Gasteiger partial charge on any atom is -0.504 e. The molecule has 2 N–H and O–H groups in total. The van der Waals surface area contributed by atoms with E-state index in [1.54, 1.807) is 7.05 Å². The summed E-state index contributed by atoms with van der Waals surface area (Å²) in [5.74, 6) is -1.35. The van der Waals surface area contributed by atoms with E-state index in [9.17, 15) is 23.5 Å². The van der Waals surface area contributed by atoms with Gasteiger partial charge in [-0.05, 0) is 24.6 Å². The monoisotopic (exact) mass is 314 g/mol. The second-order valence-electron chi connectivity index (χ2n) is 4.97. The Morgan fingerprint density at radius 3 is 2.77 bits per heavy atom. The van der Waals surface area contributed by atoms with Crippen LogP contribution in [0.4, 0.5) is 8.78 Å². The van der Waals surface area contributed by atoms with Crippen molar-refractivity contribution >= 4 is 11.8 Å². The molecule has 0 unspecified atom stereocenters. The number of carbonyl (C=O) groups excluding carboxylic acids is 2. The van der Waals surface area contributed by atoms with Crippen LogP contribution in [0.3, 0.4) is 0 Å². The maximum atomic E-state index is 12.3. The molecular formula is C14H16F2N2O4. The third-order valence-corrected chi connectivity index (χ3v) is 3.53. The summed E-state index contributed by atoms with van der Waals surface area (Å²) in [6, 6.07) is 3.35. The zero-order valence-corrected chi connectivity index (χ0v) is 11.9. The molecular weight excluding hydrogens is 298 g/mol. The van der Waals surface area contributed by atoms with E-state index in [0.717, 1.165) is 12.1 Å². The van der Waals surface area contributed by atoms with E-state index in [4.69, 9.17) is 0 Å². The highest BCUT2D eigenvalue weighted by Crippen LogP contribution is 2.29. The van der Waals surface area contributed by atoms with Crippen molar-refractivity contribution in [1.29, 1.82) is 0 Å². The second-order valence-corrected chi connectivity index (χ2v) is 4.97. The summed E-state index contributed by atoms with van der Waals surface area (Å²) in [7, 11) is 1.59. The summed E-state index contributed by atoms with van der Waals surface area (Å²) in [5.41, 5.74) is 0.151. The Kier molecular flexibility index (Phi) is 4.79. The predicted octanol–water partition coefficient (Wildman–Crippen LogP) is 1.34. The number of ether oxygens (including phenoxy) is 1. The van der Waals surface area contributed by atoms with Crippen LogP contribution < -0.4 is 10.1 Å². The maximum Gasteiger partial charge on any atom is 0.387 e. The van der Waals surface area contributed by atoms with Gasteiger partial charge in [0.15, 0.2) is 11.5 Å². The van der Waals surface area contributed by atoms with Gasteiger partial charge in [-0.25, -0.2) is 0 Å². The Bertz CT molecular complexity index is 570. The highest BCUT2D eigenvalue weighted by atomic mass is 19.3. The first kappa shape index (κ1) is 16.0. The van der Waals surface area contributed by atoms with Crippen LogP contribution in [0.15, 0.2) is 18.2 Å². The topological polar surface area (TPSA) is 78.9 Å². The summed E-state index contributed by atoms with van der Waals surface area (Å²) in [4.78, 5) is 24.9. The number of nitrogens with zero attached hydrogens (tertiary/aromatic N) is 1. The quantitative estimate of drug-likeness (QED) is 0.879. The van der Waals surface area contributed by atoms with Gasteiger partial charge in [0.25, 0.3) is 5.91 Å². The third kappa shape index (κ3) is 3.63. The first-order valence-electron chi connectivity index (χ1n) is 6.70. The lowest BCUT2D eigenvalue weighted by molar-refractivity contribution is -0.123. The lowest BCUT2D eigenvalue weighted by atomic mass is 10.0. The molecule has 0 aromatic heterocycles. The second kappa shape index (κ2) is 6.59. The predicted molar refractivity (Wildman–Crippen MR) is 72.9 cm³/mol. The first-order valence-corrected chi connectivity index (χ1v) is 6.70. The summed E-state index contributed by atoms with van der Waals surface area (Å²) >= 11 is 0. The smallest absolute Gasteiger partial charge is 0.387 e. The number of piperidine rings is 1. The van der Waals surface area contributed by atoms with E-state index in [0.29, 0.717) is 19.4 Å². The zero-order chi connectivity index (χ0) is 16.3. The molecule has 1 fully saturated rings. The average Bonchev–Trinajstić information content (AvgIpc) is 2.48. The van der Waals surface area contributed by atoms with Crippen molar-refractivity contribution in [2.75, 3.05) is 13.6 Å². The summed E-state index contributed by atoms with van der Waals surface area (Å²) in [5, 5.41) is 12.3. The van der Waals surface area contributed by atoms with Crippen molar-refractivity contribution in [1.82, 2.24) is 10.2 Å². The Hall–Kier alpha value is -2.38. The Balaban J connectivity index is 2.08. The number of hydrogen-bond acceptors (Lipinski definition) is 4. The van der Waals surface area contributed by atoms with E-state index < -0.39 is 12.4 Å². The van der Waals surface area contributed by atoms with Gasteiger partial charge >= 0.3 is 6.61 Å². The number of hydrogen-bond donors (Lipinski definition) is 2. The molecule has 0 saturated carbocycles. The Morgan fingerprint density at radius 1 is 1.50 bits per heavy atom. The van der Waals surface area contributed by atoms with Gasteiger partial charge in [-0.15, -0.1) is 0 Å². The summed E-state index contributed by atoms with van der Waals surface area (Å²) in [6.45, 7) is -2.69. The van der Waals surface area contributed by atoms with Crippen molar-refractivity contribution in [2.45, 2.75) is 25.5 Å². The molecule has 1 aromatic carbocycles. The maximum absolute atomic E-state index is 12.3. The van der Waals surface area contributed by atoms with Crippen molar-refractivity contribution in [3.05, 3.63) is 23.8 Å². The van der Waals surface area contributed by atoms with Crippen LogP contribution in [0, 0.1) is 0 Å². The minimum atomic E-state index is -3.05.